The molecule has 0 saturated heterocycles. The Hall–Kier alpha value is -3.69. The molecule has 1 aromatic carbocycles. The SMILES string of the molecule is CC[C@H](c1ccc(-c2nnc(C(F)F)o2)cc1)n1cc(-c2ccc(N)nc2)nn1. The number of benzene rings is 1. The van der Waals surface area contributed by atoms with Crippen LogP contribution in [-0.4, -0.2) is 30.2 Å². The molecular weight excluding hydrogens is 380 g/mol. The van der Waals surface area contributed by atoms with E-state index in [1.54, 1.807) is 29.1 Å². The summed E-state index contributed by atoms with van der Waals surface area (Å²) >= 11 is 0. The van der Waals surface area contributed by atoms with E-state index in [0.717, 1.165) is 17.5 Å². The van der Waals surface area contributed by atoms with Crippen molar-refractivity contribution in [2.75, 3.05) is 5.73 Å². The Bertz CT molecular complexity index is 1090. The van der Waals surface area contributed by atoms with Crippen LogP contribution in [0, 0.1) is 0 Å². The van der Waals surface area contributed by atoms with Crippen molar-refractivity contribution < 1.29 is 13.2 Å². The molecule has 3 aromatic heterocycles. The Morgan fingerprint density at radius 1 is 1.03 bits per heavy atom. The number of nitrogens with zero attached hydrogens (tertiary/aromatic N) is 6. The molecule has 4 rings (SSSR count). The zero-order chi connectivity index (χ0) is 20.4. The maximum absolute atomic E-state index is 12.6. The number of hydrogen-bond acceptors (Lipinski definition) is 7. The predicted molar refractivity (Wildman–Crippen MR) is 101 cm³/mol. The van der Waals surface area contributed by atoms with Gasteiger partial charge in [0.25, 0.3) is 5.89 Å². The molecule has 3 heterocycles. The molecule has 0 bridgehead atoms. The van der Waals surface area contributed by atoms with Crippen molar-refractivity contribution in [1.82, 2.24) is 30.2 Å². The first-order chi connectivity index (χ1) is 14.0. The van der Waals surface area contributed by atoms with Crippen LogP contribution in [0.4, 0.5) is 14.6 Å². The average Bonchev–Trinajstić information content (AvgIpc) is 3.40. The van der Waals surface area contributed by atoms with Crippen LogP contribution in [0.2, 0.25) is 0 Å². The van der Waals surface area contributed by atoms with Gasteiger partial charge in [-0.15, -0.1) is 15.3 Å². The Morgan fingerprint density at radius 2 is 1.79 bits per heavy atom. The summed E-state index contributed by atoms with van der Waals surface area (Å²) in [5.74, 6) is -0.198. The van der Waals surface area contributed by atoms with Gasteiger partial charge in [-0.3, -0.25) is 0 Å². The number of anilines is 1. The molecule has 1 atom stereocenters. The third kappa shape index (κ3) is 3.82. The molecule has 0 amide bonds. The number of alkyl halides is 2. The van der Waals surface area contributed by atoms with E-state index < -0.39 is 12.3 Å². The van der Waals surface area contributed by atoms with Crippen LogP contribution >= 0.6 is 0 Å². The number of aromatic nitrogens is 6. The molecule has 2 N–H and O–H groups in total. The lowest BCUT2D eigenvalue weighted by atomic mass is 10.0. The van der Waals surface area contributed by atoms with Crippen LogP contribution in [0.25, 0.3) is 22.7 Å². The van der Waals surface area contributed by atoms with Crippen LogP contribution in [0.1, 0.15) is 37.3 Å². The van der Waals surface area contributed by atoms with Gasteiger partial charge in [-0.1, -0.05) is 24.3 Å². The summed E-state index contributed by atoms with van der Waals surface area (Å²) in [6.07, 6.45) is 1.48. The van der Waals surface area contributed by atoms with Crippen molar-refractivity contribution in [2.45, 2.75) is 25.8 Å². The van der Waals surface area contributed by atoms with Gasteiger partial charge in [-0.05, 0) is 36.2 Å². The summed E-state index contributed by atoms with van der Waals surface area (Å²) in [5, 5.41) is 15.5. The molecule has 0 spiro atoms. The average molecular weight is 397 g/mol. The fourth-order valence-electron chi connectivity index (χ4n) is 2.98. The lowest BCUT2D eigenvalue weighted by Crippen LogP contribution is -2.10. The summed E-state index contributed by atoms with van der Waals surface area (Å²) < 4.78 is 32.0. The highest BCUT2D eigenvalue weighted by molar-refractivity contribution is 5.58. The van der Waals surface area contributed by atoms with Crippen molar-refractivity contribution in [3.05, 3.63) is 60.2 Å². The molecule has 0 aliphatic heterocycles. The quantitative estimate of drug-likeness (QED) is 0.525. The summed E-state index contributed by atoms with van der Waals surface area (Å²) in [6.45, 7) is 2.04. The Morgan fingerprint density at radius 3 is 2.41 bits per heavy atom. The van der Waals surface area contributed by atoms with Crippen LogP contribution in [0.3, 0.4) is 0 Å². The van der Waals surface area contributed by atoms with Gasteiger partial charge in [0.05, 0.1) is 12.2 Å². The Kier molecular flexibility index (Phi) is 4.98. The monoisotopic (exact) mass is 397 g/mol. The van der Waals surface area contributed by atoms with Gasteiger partial charge in [-0.25, -0.2) is 9.67 Å². The van der Waals surface area contributed by atoms with E-state index in [2.05, 4.69) is 25.5 Å². The van der Waals surface area contributed by atoms with Gasteiger partial charge < -0.3 is 10.2 Å². The second-order valence-electron chi connectivity index (χ2n) is 6.35. The number of pyridine rings is 1. The molecule has 4 aromatic rings. The molecule has 10 heteroatoms. The highest BCUT2D eigenvalue weighted by Crippen LogP contribution is 2.27. The van der Waals surface area contributed by atoms with Crippen LogP contribution in [0.5, 0.6) is 0 Å². The van der Waals surface area contributed by atoms with Gasteiger partial charge in [0.2, 0.25) is 5.89 Å². The van der Waals surface area contributed by atoms with Crippen LogP contribution in [-0.2, 0) is 0 Å². The minimum Gasteiger partial charge on any atom is -0.415 e. The van der Waals surface area contributed by atoms with Gasteiger partial charge in [0.15, 0.2) is 0 Å². The second kappa shape index (κ2) is 7.74. The lowest BCUT2D eigenvalue weighted by molar-refractivity contribution is 0.116. The number of halogens is 2. The molecule has 0 aliphatic rings. The second-order valence-corrected chi connectivity index (χ2v) is 6.35. The first kappa shape index (κ1) is 18.7. The van der Waals surface area contributed by atoms with E-state index >= 15 is 0 Å². The van der Waals surface area contributed by atoms with E-state index in [4.69, 9.17) is 10.2 Å². The first-order valence-corrected chi connectivity index (χ1v) is 8.90. The normalized spacial score (nSPS) is 12.4. The molecule has 8 nitrogen and oxygen atoms in total. The largest absolute Gasteiger partial charge is 0.415 e. The number of nitrogen functional groups attached to an aromatic ring is 1. The topological polar surface area (TPSA) is 109 Å². The van der Waals surface area contributed by atoms with E-state index in [-0.39, 0.29) is 11.9 Å². The van der Waals surface area contributed by atoms with Crippen LogP contribution in [0.15, 0.2) is 53.2 Å². The molecule has 0 saturated carbocycles. The van der Waals surface area contributed by atoms with Crippen molar-refractivity contribution in [2.24, 2.45) is 0 Å². The standard InChI is InChI=1S/C19H17F2N7O/c1-2-15(28-10-14(24-27-28)13-7-8-16(22)23-9-13)11-3-5-12(6-4-11)18-25-26-19(29-18)17(20)21/h3-10,15,17H,2H2,1H3,(H2,22,23)/t15-/m1/s1. The van der Waals surface area contributed by atoms with E-state index in [9.17, 15) is 8.78 Å². The minimum atomic E-state index is -2.79. The van der Waals surface area contributed by atoms with Crippen molar-refractivity contribution in [1.29, 1.82) is 0 Å². The van der Waals surface area contributed by atoms with Gasteiger partial charge in [-0.2, -0.15) is 8.78 Å². The summed E-state index contributed by atoms with van der Waals surface area (Å²) in [4.78, 5) is 4.07. The zero-order valence-electron chi connectivity index (χ0n) is 15.4. The molecule has 148 valence electrons. The highest BCUT2D eigenvalue weighted by atomic mass is 19.3. The van der Waals surface area contributed by atoms with Crippen molar-refractivity contribution in [3.8, 4) is 22.7 Å². The highest BCUT2D eigenvalue weighted by Gasteiger charge is 2.18. The van der Waals surface area contributed by atoms with E-state index in [1.165, 1.54) is 0 Å². The minimum absolute atomic E-state index is 0.0497. The summed E-state index contributed by atoms with van der Waals surface area (Å²) in [5.41, 5.74) is 8.68. The molecule has 0 unspecified atom stereocenters. The lowest BCUT2D eigenvalue weighted by Gasteiger charge is -2.15. The van der Waals surface area contributed by atoms with Gasteiger partial charge in [0.1, 0.15) is 11.5 Å². The number of rotatable bonds is 6. The fraction of sp³-hybridized carbons (Fsp3) is 0.211. The molecule has 0 aliphatic carbocycles. The number of nitrogens with two attached hydrogens (primary N) is 1. The first-order valence-electron chi connectivity index (χ1n) is 8.90. The predicted octanol–water partition coefficient (Wildman–Crippen LogP) is 3.91. The number of hydrogen-bond donors (Lipinski definition) is 1. The molecular formula is C19H17F2N7O. The van der Waals surface area contributed by atoms with Crippen molar-refractivity contribution in [3.63, 3.8) is 0 Å². The third-order valence-corrected chi connectivity index (χ3v) is 4.47. The summed E-state index contributed by atoms with van der Waals surface area (Å²) in [6, 6.07) is 10.8. The molecule has 0 fully saturated rings. The maximum atomic E-state index is 12.6. The fourth-order valence-corrected chi connectivity index (χ4v) is 2.98. The molecule has 29 heavy (non-hydrogen) atoms. The Labute approximate surface area is 164 Å². The summed E-state index contributed by atoms with van der Waals surface area (Å²) in [7, 11) is 0. The van der Waals surface area contributed by atoms with Gasteiger partial charge >= 0.3 is 6.43 Å². The molecule has 0 radical (unpaired) electrons. The zero-order valence-corrected chi connectivity index (χ0v) is 15.4. The van der Waals surface area contributed by atoms with E-state index in [1.807, 2.05) is 31.3 Å². The Balaban J connectivity index is 1.57. The maximum Gasteiger partial charge on any atom is 0.314 e. The van der Waals surface area contributed by atoms with Crippen molar-refractivity contribution >= 4 is 5.82 Å². The van der Waals surface area contributed by atoms with E-state index in [0.29, 0.717) is 17.1 Å². The van der Waals surface area contributed by atoms with Crippen LogP contribution < -0.4 is 5.73 Å². The smallest absolute Gasteiger partial charge is 0.314 e. The van der Waals surface area contributed by atoms with Gasteiger partial charge in [0, 0.05) is 17.3 Å². The third-order valence-electron chi connectivity index (χ3n) is 4.47.